The number of hydrogen-bond donors (Lipinski definition) is 2. The molecule has 0 radical (unpaired) electrons. The second-order valence-corrected chi connectivity index (χ2v) is 4.35. The fourth-order valence-corrected chi connectivity index (χ4v) is 1.78. The Labute approximate surface area is 99.0 Å². The lowest BCUT2D eigenvalue weighted by Crippen LogP contribution is -2.32. The first-order valence-corrected chi connectivity index (χ1v) is 5.52. The van der Waals surface area contributed by atoms with Crippen molar-refractivity contribution in [1.82, 2.24) is 9.97 Å². The van der Waals surface area contributed by atoms with Crippen LogP contribution in [0.5, 0.6) is 0 Å². The number of nitrogens with zero attached hydrogens (tertiary/aromatic N) is 2. The molecule has 0 aliphatic carbocycles. The molecule has 1 aromatic heterocycles. The summed E-state index contributed by atoms with van der Waals surface area (Å²) in [5, 5.41) is 11.8. The predicted molar refractivity (Wildman–Crippen MR) is 61.1 cm³/mol. The van der Waals surface area contributed by atoms with E-state index in [1.165, 1.54) is 12.4 Å². The molecule has 1 aromatic rings. The molecule has 1 fully saturated rings. The van der Waals surface area contributed by atoms with Crippen molar-refractivity contribution in [1.29, 1.82) is 0 Å². The molecule has 1 atom stereocenters. The molecule has 0 aromatic carbocycles. The van der Waals surface area contributed by atoms with E-state index >= 15 is 0 Å². The number of carboxylic acid groups (broad SMARTS) is 1. The van der Waals surface area contributed by atoms with Gasteiger partial charge in [-0.2, -0.15) is 0 Å². The first-order valence-electron chi connectivity index (χ1n) is 5.52. The molecule has 2 rings (SSSR count). The van der Waals surface area contributed by atoms with Gasteiger partial charge < -0.3 is 15.2 Å². The van der Waals surface area contributed by atoms with Gasteiger partial charge in [0.05, 0.1) is 18.0 Å². The zero-order chi connectivity index (χ0) is 12.3. The summed E-state index contributed by atoms with van der Waals surface area (Å²) in [6.45, 7) is 3.49. The van der Waals surface area contributed by atoms with Crippen LogP contribution < -0.4 is 5.32 Å². The number of carboxylic acids is 1. The summed E-state index contributed by atoms with van der Waals surface area (Å²) in [4.78, 5) is 18.4. The summed E-state index contributed by atoms with van der Waals surface area (Å²) in [6, 6.07) is 0. The maximum atomic E-state index is 10.6. The zero-order valence-corrected chi connectivity index (χ0v) is 9.64. The zero-order valence-electron chi connectivity index (χ0n) is 9.64. The summed E-state index contributed by atoms with van der Waals surface area (Å²) in [7, 11) is 0. The molecule has 6 heteroatoms. The number of nitrogens with one attached hydrogen (secondary N) is 1. The molecule has 1 aliphatic heterocycles. The molecule has 2 N–H and O–H groups in total. The topological polar surface area (TPSA) is 84.3 Å². The number of aromatic nitrogens is 2. The Kier molecular flexibility index (Phi) is 3.23. The molecular weight excluding hydrogens is 222 g/mol. The predicted octanol–water partition coefficient (Wildman–Crippen LogP) is 1.16. The lowest BCUT2D eigenvalue weighted by atomic mass is 10.0. The number of ether oxygens (including phenoxy) is 1. The Morgan fingerprint density at radius 1 is 1.59 bits per heavy atom. The molecule has 0 bridgehead atoms. The Morgan fingerprint density at radius 2 is 2.41 bits per heavy atom. The fourth-order valence-electron chi connectivity index (χ4n) is 1.78. The Balaban J connectivity index is 1.93. The quantitative estimate of drug-likeness (QED) is 0.817. The Hall–Kier alpha value is -1.69. The van der Waals surface area contributed by atoms with Gasteiger partial charge in [0.1, 0.15) is 5.82 Å². The molecule has 92 valence electrons. The smallest absolute Gasteiger partial charge is 0.356 e. The van der Waals surface area contributed by atoms with Gasteiger partial charge in [0.15, 0.2) is 5.69 Å². The van der Waals surface area contributed by atoms with Crippen LogP contribution in [0, 0.1) is 0 Å². The molecule has 17 heavy (non-hydrogen) atoms. The molecule has 0 saturated carbocycles. The summed E-state index contributed by atoms with van der Waals surface area (Å²) >= 11 is 0. The second kappa shape index (κ2) is 4.67. The van der Waals surface area contributed by atoms with Crippen LogP contribution in [0.4, 0.5) is 5.82 Å². The monoisotopic (exact) mass is 237 g/mol. The van der Waals surface area contributed by atoms with E-state index in [9.17, 15) is 4.79 Å². The lowest BCUT2D eigenvalue weighted by molar-refractivity contribution is 0.0314. The molecule has 6 nitrogen and oxygen atoms in total. The van der Waals surface area contributed by atoms with Crippen LogP contribution in [-0.4, -0.2) is 39.8 Å². The van der Waals surface area contributed by atoms with E-state index < -0.39 is 5.97 Å². The molecule has 1 saturated heterocycles. The summed E-state index contributed by atoms with van der Waals surface area (Å²) in [5.74, 6) is -0.512. The van der Waals surface area contributed by atoms with E-state index in [1.807, 2.05) is 6.92 Å². The minimum atomic E-state index is -1.07. The average Bonchev–Trinajstić information content (AvgIpc) is 2.75. The number of carbonyl (C=O) groups is 1. The van der Waals surface area contributed by atoms with Gasteiger partial charge in [-0.25, -0.2) is 14.8 Å². The average molecular weight is 237 g/mol. The normalized spacial score (nSPS) is 23.6. The minimum Gasteiger partial charge on any atom is -0.476 e. The van der Waals surface area contributed by atoms with Crippen LogP contribution in [-0.2, 0) is 4.74 Å². The van der Waals surface area contributed by atoms with Crippen molar-refractivity contribution < 1.29 is 14.6 Å². The van der Waals surface area contributed by atoms with E-state index in [4.69, 9.17) is 9.84 Å². The van der Waals surface area contributed by atoms with Crippen LogP contribution in [0.1, 0.15) is 30.3 Å². The molecule has 0 spiro atoms. The van der Waals surface area contributed by atoms with E-state index in [2.05, 4.69) is 15.3 Å². The third-order valence-corrected chi connectivity index (χ3v) is 2.81. The highest BCUT2D eigenvalue weighted by molar-refractivity contribution is 5.84. The molecule has 1 unspecified atom stereocenters. The maximum Gasteiger partial charge on any atom is 0.356 e. The van der Waals surface area contributed by atoms with Crippen molar-refractivity contribution in [2.24, 2.45) is 0 Å². The van der Waals surface area contributed by atoms with Gasteiger partial charge in [0.25, 0.3) is 0 Å². The van der Waals surface area contributed by atoms with Crippen molar-refractivity contribution in [2.75, 3.05) is 18.5 Å². The van der Waals surface area contributed by atoms with E-state index in [0.29, 0.717) is 12.4 Å². The molecule has 2 heterocycles. The van der Waals surface area contributed by atoms with Crippen LogP contribution in [0.15, 0.2) is 12.4 Å². The van der Waals surface area contributed by atoms with Crippen LogP contribution in [0.25, 0.3) is 0 Å². The highest BCUT2D eigenvalue weighted by atomic mass is 16.5. The van der Waals surface area contributed by atoms with Gasteiger partial charge in [0.2, 0.25) is 0 Å². The van der Waals surface area contributed by atoms with Gasteiger partial charge in [-0.05, 0) is 19.8 Å². The van der Waals surface area contributed by atoms with E-state index in [-0.39, 0.29) is 11.3 Å². The Bertz CT molecular complexity index is 399. The largest absolute Gasteiger partial charge is 0.476 e. The van der Waals surface area contributed by atoms with Gasteiger partial charge in [-0.15, -0.1) is 0 Å². The van der Waals surface area contributed by atoms with Crippen LogP contribution in [0.3, 0.4) is 0 Å². The fraction of sp³-hybridized carbons (Fsp3) is 0.545. The lowest BCUT2D eigenvalue weighted by Gasteiger charge is -2.23. The second-order valence-electron chi connectivity index (χ2n) is 4.35. The summed E-state index contributed by atoms with van der Waals surface area (Å²) < 4.78 is 5.62. The minimum absolute atomic E-state index is 0.0566. The van der Waals surface area contributed by atoms with Gasteiger partial charge in [-0.3, -0.25) is 0 Å². The van der Waals surface area contributed by atoms with Gasteiger partial charge >= 0.3 is 5.97 Å². The third-order valence-electron chi connectivity index (χ3n) is 2.81. The Morgan fingerprint density at radius 3 is 2.94 bits per heavy atom. The molecule has 1 aliphatic rings. The molecular formula is C11H15N3O3. The van der Waals surface area contributed by atoms with Crippen LogP contribution in [0.2, 0.25) is 0 Å². The number of anilines is 1. The van der Waals surface area contributed by atoms with Crippen molar-refractivity contribution in [3.05, 3.63) is 18.1 Å². The first kappa shape index (κ1) is 11.8. The van der Waals surface area contributed by atoms with E-state index in [0.717, 1.165) is 19.4 Å². The van der Waals surface area contributed by atoms with Crippen LogP contribution >= 0.6 is 0 Å². The van der Waals surface area contributed by atoms with Crippen molar-refractivity contribution in [2.45, 2.75) is 25.4 Å². The maximum absolute atomic E-state index is 10.6. The van der Waals surface area contributed by atoms with Gasteiger partial charge in [-0.1, -0.05) is 0 Å². The van der Waals surface area contributed by atoms with Crippen molar-refractivity contribution in [3.8, 4) is 0 Å². The number of hydrogen-bond acceptors (Lipinski definition) is 5. The highest BCUT2D eigenvalue weighted by Gasteiger charge is 2.29. The van der Waals surface area contributed by atoms with Crippen molar-refractivity contribution >= 4 is 11.8 Å². The number of rotatable bonds is 4. The van der Waals surface area contributed by atoms with Crippen molar-refractivity contribution in [3.63, 3.8) is 0 Å². The highest BCUT2D eigenvalue weighted by Crippen LogP contribution is 2.24. The van der Waals surface area contributed by atoms with Gasteiger partial charge in [0, 0.05) is 13.2 Å². The third kappa shape index (κ3) is 2.91. The van der Waals surface area contributed by atoms with E-state index in [1.54, 1.807) is 0 Å². The summed E-state index contributed by atoms with van der Waals surface area (Å²) in [5.41, 5.74) is -0.216. The first-order chi connectivity index (χ1) is 8.09. The molecule has 0 amide bonds. The summed E-state index contributed by atoms with van der Waals surface area (Å²) in [6.07, 6.45) is 4.74. The SMILES string of the molecule is CC1(CNc2cnc(C(=O)O)cn2)CCCO1. The number of aromatic carboxylic acids is 1. The standard InChI is InChI=1S/C11H15N3O3/c1-11(3-2-4-17-11)7-14-9-6-12-8(5-13-9)10(15)16/h5-6H,2-4,7H2,1H3,(H,13,14)(H,15,16).